The van der Waals surface area contributed by atoms with Crippen molar-refractivity contribution >= 4 is 21.8 Å². The Labute approximate surface area is 264 Å². The van der Waals surface area contributed by atoms with E-state index in [9.17, 15) is 0 Å². The van der Waals surface area contributed by atoms with E-state index in [0.29, 0.717) is 5.92 Å². The number of fused-ring (bicyclic) bond motifs is 3. The van der Waals surface area contributed by atoms with Gasteiger partial charge in [0.25, 0.3) is 0 Å². The molecule has 1 heteroatoms. The fourth-order valence-electron chi connectivity index (χ4n) is 6.73. The van der Waals surface area contributed by atoms with Crippen molar-refractivity contribution < 1.29 is 0 Å². The first-order valence-corrected chi connectivity index (χ1v) is 15.7. The predicted molar refractivity (Wildman–Crippen MR) is 190 cm³/mol. The molecule has 1 nitrogen and oxygen atoms in total. The maximum atomic E-state index is 2.36. The third kappa shape index (κ3) is 5.24. The molecule has 1 heterocycles. The average Bonchev–Trinajstić information content (AvgIpc) is 3.46. The molecule has 0 aliphatic carbocycles. The second kappa shape index (κ2) is 11.8. The van der Waals surface area contributed by atoms with Crippen LogP contribution in [0.5, 0.6) is 0 Å². The number of para-hydroxylation sites is 2. The molecule has 0 bridgehead atoms. The first-order chi connectivity index (χ1) is 22.3. The van der Waals surface area contributed by atoms with Gasteiger partial charge in [0.05, 0.1) is 11.0 Å². The summed E-state index contributed by atoms with van der Waals surface area (Å²) in [5, 5.41) is 2.55. The lowest BCUT2D eigenvalue weighted by Crippen LogP contribution is -2.05. The number of rotatable bonds is 7. The van der Waals surface area contributed by atoms with E-state index in [1.807, 2.05) is 0 Å². The summed E-state index contributed by atoms with van der Waals surface area (Å²) < 4.78 is 2.36. The van der Waals surface area contributed by atoms with Crippen LogP contribution in [0.25, 0.3) is 49.7 Å². The van der Waals surface area contributed by atoms with Gasteiger partial charge in [0.1, 0.15) is 0 Å². The van der Waals surface area contributed by atoms with Crippen LogP contribution in [0.15, 0.2) is 182 Å². The lowest BCUT2D eigenvalue weighted by atomic mass is 9.85. The Morgan fingerprint density at radius 2 is 0.867 bits per heavy atom. The van der Waals surface area contributed by atoms with Gasteiger partial charge >= 0.3 is 0 Å². The lowest BCUT2D eigenvalue weighted by Gasteiger charge is -2.19. The maximum absolute atomic E-state index is 2.36. The quantitative estimate of drug-likeness (QED) is 0.178. The third-order valence-corrected chi connectivity index (χ3v) is 9.04. The molecule has 0 spiro atoms. The van der Waals surface area contributed by atoms with Gasteiger partial charge in [0.15, 0.2) is 0 Å². The van der Waals surface area contributed by atoms with E-state index in [-0.39, 0.29) is 0 Å². The standard InChI is InChI=1S/C44H33N/c1-4-12-32(13-5-1)30-41(36-14-6-2-7-15-36)37-26-24-34(25-27-37)33-20-22-35(23-21-33)38-28-29-44-42(31-38)40-18-10-11-19-43(40)45(44)39-16-8-3-9-17-39/h1-29,31,41H,30H2/t41-/m0/s1. The van der Waals surface area contributed by atoms with Gasteiger partial charge in [-0.2, -0.15) is 0 Å². The summed E-state index contributed by atoms with van der Waals surface area (Å²) in [4.78, 5) is 0. The average molecular weight is 576 g/mol. The first-order valence-electron chi connectivity index (χ1n) is 15.7. The molecule has 0 saturated heterocycles. The second-order valence-electron chi connectivity index (χ2n) is 11.8. The normalized spacial score (nSPS) is 12.0. The Hall–Kier alpha value is -5.66. The Morgan fingerprint density at radius 1 is 0.378 bits per heavy atom. The molecule has 7 aromatic carbocycles. The SMILES string of the molecule is c1ccc(C[C@@H](c2ccccc2)c2ccc(-c3ccc(-c4ccc5c(c4)c4ccccc4n5-c4ccccc4)cc3)cc2)cc1. The van der Waals surface area contributed by atoms with Gasteiger partial charge < -0.3 is 4.57 Å². The largest absolute Gasteiger partial charge is 0.309 e. The molecular weight excluding hydrogens is 542 g/mol. The number of nitrogens with zero attached hydrogens (tertiary/aromatic N) is 1. The van der Waals surface area contributed by atoms with Crippen molar-refractivity contribution in [2.45, 2.75) is 12.3 Å². The molecule has 0 radical (unpaired) electrons. The van der Waals surface area contributed by atoms with Crippen LogP contribution in [0.2, 0.25) is 0 Å². The van der Waals surface area contributed by atoms with Gasteiger partial charge in [-0.15, -0.1) is 0 Å². The van der Waals surface area contributed by atoms with Crippen LogP contribution >= 0.6 is 0 Å². The summed E-state index contributed by atoms with van der Waals surface area (Å²) in [5.41, 5.74) is 12.6. The van der Waals surface area contributed by atoms with E-state index in [1.54, 1.807) is 0 Å². The fraction of sp³-hybridized carbons (Fsp3) is 0.0455. The van der Waals surface area contributed by atoms with Crippen molar-refractivity contribution in [1.82, 2.24) is 4.57 Å². The Balaban J connectivity index is 1.09. The highest BCUT2D eigenvalue weighted by Crippen LogP contribution is 2.36. The van der Waals surface area contributed by atoms with Gasteiger partial charge in [-0.25, -0.2) is 0 Å². The monoisotopic (exact) mass is 575 g/mol. The van der Waals surface area contributed by atoms with E-state index in [0.717, 1.165) is 6.42 Å². The van der Waals surface area contributed by atoms with Gasteiger partial charge in [-0.05, 0) is 75.7 Å². The molecule has 0 N–H and O–H groups in total. The molecule has 214 valence electrons. The van der Waals surface area contributed by atoms with Gasteiger partial charge in [0, 0.05) is 22.4 Å². The van der Waals surface area contributed by atoms with E-state index in [1.165, 1.54) is 66.4 Å². The summed E-state index contributed by atoms with van der Waals surface area (Å²) in [6.07, 6.45) is 0.979. The molecule has 0 saturated carbocycles. The van der Waals surface area contributed by atoms with Crippen LogP contribution in [0.3, 0.4) is 0 Å². The van der Waals surface area contributed by atoms with Crippen LogP contribution in [0.4, 0.5) is 0 Å². The van der Waals surface area contributed by atoms with Crippen molar-refractivity contribution in [3.63, 3.8) is 0 Å². The molecule has 1 atom stereocenters. The molecule has 8 aromatic rings. The minimum absolute atomic E-state index is 0.313. The van der Waals surface area contributed by atoms with Gasteiger partial charge in [-0.3, -0.25) is 0 Å². The Kier molecular flexibility index (Phi) is 7.05. The van der Waals surface area contributed by atoms with E-state index < -0.39 is 0 Å². The first kappa shape index (κ1) is 26.9. The van der Waals surface area contributed by atoms with E-state index in [4.69, 9.17) is 0 Å². The summed E-state index contributed by atoms with van der Waals surface area (Å²) in [5.74, 6) is 0.313. The molecule has 45 heavy (non-hydrogen) atoms. The molecule has 0 amide bonds. The number of aromatic nitrogens is 1. The second-order valence-corrected chi connectivity index (χ2v) is 11.8. The van der Waals surface area contributed by atoms with Crippen molar-refractivity contribution in [2.75, 3.05) is 0 Å². The highest BCUT2D eigenvalue weighted by molar-refractivity contribution is 6.10. The third-order valence-electron chi connectivity index (χ3n) is 9.04. The summed E-state index contributed by atoms with van der Waals surface area (Å²) >= 11 is 0. The van der Waals surface area contributed by atoms with Gasteiger partial charge in [0.2, 0.25) is 0 Å². The molecule has 0 aliphatic rings. The Bertz CT molecular complexity index is 2190. The van der Waals surface area contributed by atoms with Crippen LogP contribution in [0, 0.1) is 0 Å². The minimum Gasteiger partial charge on any atom is -0.309 e. The molecular formula is C44H33N. The zero-order valence-corrected chi connectivity index (χ0v) is 25.1. The van der Waals surface area contributed by atoms with Crippen molar-refractivity contribution in [1.29, 1.82) is 0 Å². The predicted octanol–water partition coefficient (Wildman–Crippen LogP) is 11.5. The molecule has 0 unspecified atom stereocenters. The summed E-state index contributed by atoms with van der Waals surface area (Å²) in [6.45, 7) is 0. The van der Waals surface area contributed by atoms with Crippen LogP contribution in [0.1, 0.15) is 22.6 Å². The van der Waals surface area contributed by atoms with Crippen molar-refractivity contribution in [2.24, 2.45) is 0 Å². The summed E-state index contributed by atoms with van der Waals surface area (Å²) in [7, 11) is 0. The molecule has 0 fully saturated rings. The van der Waals surface area contributed by atoms with Crippen LogP contribution < -0.4 is 0 Å². The smallest absolute Gasteiger partial charge is 0.0541 e. The summed E-state index contributed by atoms with van der Waals surface area (Å²) in [6, 6.07) is 66.0. The van der Waals surface area contributed by atoms with Crippen molar-refractivity contribution in [3.8, 4) is 27.9 Å². The zero-order chi connectivity index (χ0) is 30.0. The fourth-order valence-corrected chi connectivity index (χ4v) is 6.73. The molecule has 1 aromatic heterocycles. The number of hydrogen-bond donors (Lipinski definition) is 0. The number of hydrogen-bond acceptors (Lipinski definition) is 0. The maximum Gasteiger partial charge on any atom is 0.0541 e. The zero-order valence-electron chi connectivity index (χ0n) is 25.1. The minimum atomic E-state index is 0.313. The van der Waals surface area contributed by atoms with Crippen LogP contribution in [-0.4, -0.2) is 4.57 Å². The molecule has 0 aliphatic heterocycles. The Morgan fingerprint density at radius 3 is 1.56 bits per heavy atom. The lowest BCUT2D eigenvalue weighted by molar-refractivity contribution is 0.805. The van der Waals surface area contributed by atoms with Gasteiger partial charge in [-0.1, -0.05) is 152 Å². The van der Waals surface area contributed by atoms with E-state index >= 15 is 0 Å². The van der Waals surface area contributed by atoms with Crippen LogP contribution in [-0.2, 0) is 6.42 Å². The topological polar surface area (TPSA) is 4.93 Å². The van der Waals surface area contributed by atoms with Crippen molar-refractivity contribution in [3.05, 3.63) is 199 Å². The number of benzene rings is 7. The highest BCUT2D eigenvalue weighted by Gasteiger charge is 2.16. The molecule has 8 rings (SSSR count). The highest BCUT2D eigenvalue weighted by atomic mass is 15.0. The van der Waals surface area contributed by atoms with E-state index in [2.05, 4.69) is 187 Å².